The summed E-state index contributed by atoms with van der Waals surface area (Å²) in [6.07, 6.45) is 0.0999. The van der Waals surface area contributed by atoms with E-state index in [1.807, 2.05) is 122 Å². The van der Waals surface area contributed by atoms with Crippen LogP contribution in [0.15, 0.2) is 220 Å². The minimum atomic E-state index is -6.27. The quantitative estimate of drug-likeness (QED) is 0.0141. The van der Waals surface area contributed by atoms with E-state index in [0.717, 1.165) is 48.3 Å². The molecule has 0 radical (unpaired) electrons. The fraction of sp³-hybridized carbons (Fsp3) is 0.221. The first-order valence-corrected chi connectivity index (χ1v) is 39.6. The number of fused-ring (bicyclic) bond motifs is 4. The van der Waals surface area contributed by atoms with Gasteiger partial charge in [0.2, 0.25) is 0 Å². The van der Waals surface area contributed by atoms with Gasteiger partial charge in [-0.1, -0.05) is 164 Å². The highest BCUT2D eigenvalue weighted by Crippen LogP contribution is 2.36. The Labute approximate surface area is 711 Å². The number of carbonyl (C=O) groups excluding carboxylic acids is 3. The Morgan fingerprint density at radius 3 is 1.23 bits per heavy atom. The molecule has 0 fully saturated rings. The van der Waals surface area contributed by atoms with Gasteiger partial charge in [0.15, 0.2) is 45.0 Å². The summed E-state index contributed by atoms with van der Waals surface area (Å²) in [6.45, 7) is 13.6. The van der Waals surface area contributed by atoms with Crippen molar-refractivity contribution < 1.29 is 96.7 Å². The summed E-state index contributed by atoms with van der Waals surface area (Å²) in [5.74, 6) is -5.13. The van der Waals surface area contributed by atoms with Gasteiger partial charge in [0.25, 0.3) is 5.56 Å². The molecule has 14 rings (SSSR count). The summed E-state index contributed by atoms with van der Waals surface area (Å²) < 4.78 is 128. The number of benzene rings is 6. The average molecular weight is 1760 g/mol. The third kappa shape index (κ3) is 21.7. The summed E-state index contributed by atoms with van der Waals surface area (Å²) in [7, 11) is -6.27. The van der Waals surface area contributed by atoms with Crippen molar-refractivity contribution in [1.82, 2.24) is 58.8 Å². The summed E-state index contributed by atoms with van der Waals surface area (Å²) in [5.41, 5.74) is -3.01. The normalized spacial score (nSPS) is 11.2. The molecule has 40 heteroatoms. The van der Waals surface area contributed by atoms with Crippen LogP contribution in [0.1, 0.15) is 114 Å². The fourth-order valence-corrected chi connectivity index (χ4v) is 12.8. The molecule has 0 aliphatic carbocycles. The molecule has 6 aromatic carbocycles. The maximum Gasteiger partial charge on any atom is 0.573 e. The standard InChI is InChI=1S/C26H26N4O4.C23H19F3N4O3.C19H16F3N3O7S.C18H17N3O5/c1-4-33-26(32)22-23(27-14-20-13-9-8-10-17(20)2)21-18(3)28-16-29-24(21)30(25(22)31)34-15-19-11-6-5-7-12-19;1-15-21-18(27-12-17-9-5-6-10-19(17)33-23(24,25)26)11-20(31)30(22(21)29-14-28-15)32-13-16-7-3-2-4-8-16;1-3-30-18(27)14-15(32-33(28,29)19(20,21)22)13-11(2)23-10-24-16(13)25(17(14)26)31-9-12-7-5-4-6-8-12;1-3-25-18(24)14-15(22)13-11(2)19-10-20-16(13)21(17(14)23)26-9-12-7-5-4-6-8-12/h5-13,16,27H,4,14-15H2,1-3H3;2-11,14,27H,12-13H2,1H3;4-8,10H,3,9H2,1-2H3;4-8,10,22H,3,9H2,1-2H3. The van der Waals surface area contributed by atoms with E-state index in [-0.39, 0.29) is 97.7 Å². The van der Waals surface area contributed by atoms with Crippen LogP contribution >= 0.6 is 0 Å². The molecule has 8 heterocycles. The number of alkyl halides is 6. The molecule has 8 aromatic heterocycles. The number of aromatic nitrogens is 12. The predicted molar refractivity (Wildman–Crippen MR) is 445 cm³/mol. The number of anilines is 2. The van der Waals surface area contributed by atoms with Gasteiger partial charge in [0.05, 0.1) is 75.5 Å². The lowest BCUT2D eigenvalue weighted by Gasteiger charge is -2.19. The smallest absolute Gasteiger partial charge is 0.506 e. The maximum absolute atomic E-state index is 13.6. The second-order valence-corrected chi connectivity index (χ2v) is 28.3. The number of carbonyl (C=O) groups is 3. The van der Waals surface area contributed by atoms with Crippen molar-refractivity contribution >= 4 is 83.5 Å². The van der Waals surface area contributed by atoms with Gasteiger partial charge < -0.3 is 58.2 Å². The van der Waals surface area contributed by atoms with Crippen LogP contribution in [0.3, 0.4) is 0 Å². The van der Waals surface area contributed by atoms with E-state index in [1.165, 1.54) is 57.1 Å². The Morgan fingerprint density at radius 1 is 0.421 bits per heavy atom. The lowest BCUT2D eigenvalue weighted by atomic mass is 10.1. The number of hydrogen-bond acceptors (Lipinski definition) is 29. The molecule has 0 amide bonds. The Kier molecular flexibility index (Phi) is 29.7. The van der Waals surface area contributed by atoms with Crippen LogP contribution in [0.25, 0.3) is 44.1 Å². The molecule has 14 aromatic rings. The third-order valence-electron chi connectivity index (χ3n) is 18.3. The molecule has 126 heavy (non-hydrogen) atoms. The Morgan fingerprint density at radius 2 is 0.778 bits per heavy atom. The van der Waals surface area contributed by atoms with Crippen LogP contribution in [0.2, 0.25) is 0 Å². The number of nitrogens with zero attached hydrogens (tertiary/aromatic N) is 12. The number of nitrogens with one attached hydrogen (secondary N) is 2. The van der Waals surface area contributed by atoms with Crippen molar-refractivity contribution in [2.75, 3.05) is 30.5 Å². The number of aromatic hydroxyl groups is 1. The highest BCUT2D eigenvalue weighted by atomic mass is 32.2. The molecule has 3 N–H and O–H groups in total. The highest BCUT2D eigenvalue weighted by Gasteiger charge is 2.50. The molecular weight excluding hydrogens is 1680 g/mol. The van der Waals surface area contributed by atoms with E-state index < -0.39 is 95.8 Å². The van der Waals surface area contributed by atoms with Gasteiger partial charge in [-0.2, -0.15) is 21.6 Å². The molecule has 0 saturated carbocycles. The number of para-hydroxylation sites is 1. The van der Waals surface area contributed by atoms with Crippen molar-refractivity contribution in [3.05, 3.63) is 321 Å². The SMILES string of the molecule is CCOC(=O)c1c(NCc2ccccc2C)c2c(C)ncnc2n(OCc2ccccc2)c1=O.CCOC(=O)c1c(O)c2c(C)ncnc2n(OCc2ccccc2)c1=O.CCOC(=O)c1c(OS(=O)(=O)C(F)(F)F)c2c(C)ncnc2n(OCc2ccccc2)c1=O.Cc1ncnc2c1c(NCc1ccccc1OC(F)(F)F)cc(=O)n2OCc1ccccc1. The number of pyridine rings is 4. The molecule has 0 aliphatic rings. The van der Waals surface area contributed by atoms with Gasteiger partial charge in [-0.05, 0) is 94.8 Å². The highest BCUT2D eigenvalue weighted by molar-refractivity contribution is 7.88. The molecule has 0 unspecified atom stereocenters. The van der Waals surface area contributed by atoms with Gasteiger partial charge in [-0.15, -0.1) is 32.1 Å². The molecule has 33 nitrogen and oxygen atoms in total. The monoisotopic (exact) mass is 1760 g/mol. The molecule has 0 bridgehead atoms. The second-order valence-electron chi connectivity index (χ2n) is 26.8. The summed E-state index contributed by atoms with van der Waals surface area (Å²) in [4.78, 5) is 145. The zero-order valence-corrected chi connectivity index (χ0v) is 69.1. The van der Waals surface area contributed by atoms with Gasteiger partial charge >= 0.3 is 56.6 Å². The van der Waals surface area contributed by atoms with Gasteiger partial charge in [0, 0.05) is 24.7 Å². The lowest BCUT2D eigenvalue weighted by Crippen LogP contribution is -2.35. The van der Waals surface area contributed by atoms with Gasteiger partial charge in [-0.3, -0.25) is 19.2 Å². The van der Waals surface area contributed by atoms with E-state index >= 15 is 0 Å². The lowest BCUT2D eigenvalue weighted by molar-refractivity contribution is -0.274. The van der Waals surface area contributed by atoms with Crippen molar-refractivity contribution in [3.63, 3.8) is 0 Å². The van der Waals surface area contributed by atoms with Crippen molar-refractivity contribution in [3.8, 4) is 17.2 Å². The Hall–Kier alpha value is -15.4. The van der Waals surface area contributed by atoms with E-state index in [4.69, 9.17) is 33.6 Å². The maximum atomic E-state index is 13.6. The molecule has 0 spiro atoms. The first-order valence-electron chi connectivity index (χ1n) is 38.2. The molecule has 0 saturated heterocycles. The number of halogens is 6. The van der Waals surface area contributed by atoms with Crippen molar-refractivity contribution in [2.24, 2.45) is 0 Å². The molecule has 0 aliphatic heterocycles. The minimum Gasteiger partial charge on any atom is -0.506 e. The number of esters is 3. The average Bonchev–Trinajstić information content (AvgIpc) is 0.750. The van der Waals surface area contributed by atoms with E-state index in [9.17, 15) is 73.4 Å². The minimum absolute atomic E-state index is 0.0238. The molecule has 654 valence electrons. The zero-order valence-electron chi connectivity index (χ0n) is 68.3. The van der Waals surface area contributed by atoms with E-state index in [2.05, 4.69) is 59.4 Å². The Bertz CT molecular complexity index is 6680. The first kappa shape index (κ1) is 91.4. The number of rotatable bonds is 27. The summed E-state index contributed by atoms with van der Waals surface area (Å²) in [6, 6.07) is 51.4. The third-order valence-corrected chi connectivity index (χ3v) is 19.3. The van der Waals surface area contributed by atoms with Crippen LogP contribution in [-0.2, 0) is 63.8 Å². The first-order chi connectivity index (χ1) is 60.3. The van der Waals surface area contributed by atoms with Crippen LogP contribution in [-0.4, -0.2) is 122 Å². The largest absolute Gasteiger partial charge is 0.573 e. The van der Waals surface area contributed by atoms with Crippen molar-refractivity contribution in [1.29, 1.82) is 0 Å². The van der Waals surface area contributed by atoms with Gasteiger partial charge in [0.1, 0.15) is 63.2 Å². The van der Waals surface area contributed by atoms with Crippen LogP contribution in [0, 0.1) is 34.6 Å². The zero-order chi connectivity index (χ0) is 90.6. The summed E-state index contributed by atoms with van der Waals surface area (Å²) >= 11 is 0. The van der Waals surface area contributed by atoms with E-state index in [1.54, 1.807) is 71.0 Å². The number of hydrogen-bond donors (Lipinski definition) is 3. The van der Waals surface area contributed by atoms with E-state index in [0.29, 0.717) is 56.1 Å². The second kappa shape index (κ2) is 41.0. The van der Waals surface area contributed by atoms with Crippen molar-refractivity contribution in [2.45, 2.75) is 107 Å². The topological polar surface area (TPSA) is 404 Å². The molecule has 0 atom stereocenters. The number of aryl methyl sites for hydroxylation is 5. The summed E-state index contributed by atoms with van der Waals surface area (Å²) in [5, 5.41) is 17.5. The predicted octanol–water partition coefficient (Wildman–Crippen LogP) is 11.8. The number of ether oxygens (including phenoxy) is 4. The fourth-order valence-electron chi connectivity index (χ4n) is 12.4. The van der Waals surface area contributed by atoms with Crippen LogP contribution < -0.4 is 61.1 Å². The van der Waals surface area contributed by atoms with Crippen LogP contribution in [0.4, 0.5) is 37.7 Å². The van der Waals surface area contributed by atoms with Gasteiger partial charge in [-0.25, -0.2) is 54.3 Å². The molecular formula is C86H78F6N14O19S. The van der Waals surface area contributed by atoms with Crippen LogP contribution in [0.5, 0.6) is 17.2 Å². The Balaban J connectivity index is 0.000000164.